The number of amides is 1. The van der Waals surface area contributed by atoms with Gasteiger partial charge in [-0.15, -0.1) is 0 Å². The number of hydrogen-bond donors (Lipinski definition) is 1. The van der Waals surface area contributed by atoms with Crippen LogP contribution in [0.4, 0.5) is 0 Å². The van der Waals surface area contributed by atoms with Crippen LogP contribution in [0.25, 0.3) is 0 Å². The molecule has 0 aromatic carbocycles. The second-order valence-corrected chi connectivity index (χ2v) is 5.70. The Labute approximate surface area is 108 Å². The zero-order chi connectivity index (χ0) is 12.6. The molecule has 0 atom stereocenters. The number of nitrogens with one attached hydrogen (secondary N) is 1. The average Bonchev–Trinajstić information content (AvgIpc) is 2.60. The van der Waals surface area contributed by atoms with Crippen molar-refractivity contribution in [2.24, 2.45) is 5.41 Å². The molecule has 0 saturated heterocycles. The molecule has 3 nitrogen and oxygen atoms in total. The van der Waals surface area contributed by atoms with Crippen LogP contribution in [0.1, 0.15) is 44.9 Å². The van der Waals surface area contributed by atoms with Gasteiger partial charge in [0.15, 0.2) is 0 Å². The van der Waals surface area contributed by atoms with E-state index in [0.29, 0.717) is 6.54 Å². The molecule has 1 rings (SSSR count). The second kappa shape index (κ2) is 7.60. The van der Waals surface area contributed by atoms with Crippen molar-refractivity contribution in [1.29, 1.82) is 5.26 Å². The van der Waals surface area contributed by atoms with E-state index in [9.17, 15) is 10.1 Å². The van der Waals surface area contributed by atoms with E-state index in [0.717, 1.165) is 50.7 Å². The van der Waals surface area contributed by atoms with Gasteiger partial charge in [-0.05, 0) is 31.3 Å². The van der Waals surface area contributed by atoms with Crippen molar-refractivity contribution >= 4 is 17.7 Å². The maximum absolute atomic E-state index is 12.1. The van der Waals surface area contributed by atoms with E-state index in [1.54, 1.807) is 11.8 Å². The SMILES string of the molecule is CSCCCNC(=O)C1(C#N)CCCCCC1. The third-order valence-corrected chi connectivity index (χ3v) is 4.11. The number of hydrogen-bond acceptors (Lipinski definition) is 3. The Morgan fingerprint density at radius 2 is 2.00 bits per heavy atom. The lowest BCUT2D eigenvalue weighted by atomic mass is 9.81. The Morgan fingerprint density at radius 3 is 2.53 bits per heavy atom. The highest BCUT2D eigenvalue weighted by Crippen LogP contribution is 2.34. The summed E-state index contributed by atoms with van der Waals surface area (Å²) in [7, 11) is 0. The van der Waals surface area contributed by atoms with Gasteiger partial charge in [0.2, 0.25) is 5.91 Å². The zero-order valence-electron chi connectivity index (χ0n) is 10.6. The van der Waals surface area contributed by atoms with Crippen molar-refractivity contribution in [1.82, 2.24) is 5.32 Å². The molecule has 1 aliphatic rings. The Bertz CT molecular complexity index is 278. The van der Waals surface area contributed by atoms with Gasteiger partial charge in [-0.2, -0.15) is 17.0 Å². The van der Waals surface area contributed by atoms with Gasteiger partial charge in [-0.1, -0.05) is 25.7 Å². The highest BCUT2D eigenvalue weighted by atomic mass is 32.2. The molecule has 1 saturated carbocycles. The van der Waals surface area contributed by atoms with Crippen molar-refractivity contribution in [2.45, 2.75) is 44.9 Å². The Hall–Kier alpha value is -0.690. The molecular formula is C13H22N2OS. The topological polar surface area (TPSA) is 52.9 Å². The lowest BCUT2D eigenvalue weighted by Gasteiger charge is -2.23. The molecule has 0 aromatic rings. The van der Waals surface area contributed by atoms with Crippen molar-refractivity contribution < 1.29 is 4.79 Å². The molecule has 4 heteroatoms. The van der Waals surface area contributed by atoms with Gasteiger partial charge in [-0.25, -0.2) is 0 Å². The second-order valence-electron chi connectivity index (χ2n) is 4.71. The smallest absolute Gasteiger partial charge is 0.240 e. The maximum Gasteiger partial charge on any atom is 0.240 e. The summed E-state index contributed by atoms with van der Waals surface area (Å²) in [4.78, 5) is 12.1. The van der Waals surface area contributed by atoms with Gasteiger partial charge in [0, 0.05) is 6.54 Å². The highest BCUT2D eigenvalue weighted by molar-refractivity contribution is 7.98. The van der Waals surface area contributed by atoms with Crippen LogP contribution in [0.5, 0.6) is 0 Å². The van der Waals surface area contributed by atoms with Crippen LogP contribution >= 0.6 is 11.8 Å². The van der Waals surface area contributed by atoms with E-state index in [4.69, 9.17) is 0 Å². The third kappa shape index (κ3) is 4.23. The monoisotopic (exact) mass is 254 g/mol. The first-order valence-corrected chi connectivity index (χ1v) is 7.83. The van der Waals surface area contributed by atoms with Gasteiger partial charge in [0.05, 0.1) is 6.07 Å². The molecule has 0 aliphatic heterocycles. The molecule has 0 spiro atoms. The predicted octanol–water partition coefficient (Wildman–Crippen LogP) is 2.72. The number of nitrogens with zero attached hydrogens (tertiary/aromatic N) is 1. The summed E-state index contributed by atoms with van der Waals surface area (Å²) in [5, 5.41) is 12.3. The molecule has 0 bridgehead atoms. The van der Waals surface area contributed by atoms with Gasteiger partial charge in [0.1, 0.15) is 5.41 Å². The number of carbonyl (C=O) groups is 1. The van der Waals surface area contributed by atoms with Crippen LogP contribution in [-0.2, 0) is 4.79 Å². The lowest BCUT2D eigenvalue weighted by Crippen LogP contribution is -2.40. The van der Waals surface area contributed by atoms with Crippen LogP contribution in [0.2, 0.25) is 0 Å². The number of nitriles is 1. The fourth-order valence-corrected chi connectivity index (χ4v) is 2.74. The van der Waals surface area contributed by atoms with Crippen LogP contribution in [0, 0.1) is 16.7 Å². The summed E-state index contributed by atoms with van der Waals surface area (Å²) in [6, 6.07) is 2.28. The van der Waals surface area contributed by atoms with Crippen LogP contribution < -0.4 is 5.32 Å². The molecular weight excluding hydrogens is 232 g/mol. The van der Waals surface area contributed by atoms with Crippen molar-refractivity contribution in [2.75, 3.05) is 18.6 Å². The Kier molecular flexibility index (Phi) is 6.43. The fourth-order valence-electron chi connectivity index (χ4n) is 2.31. The Morgan fingerprint density at radius 1 is 1.35 bits per heavy atom. The lowest BCUT2D eigenvalue weighted by molar-refractivity contribution is -0.128. The van der Waals surface area contributed by atoms with Gasteiger partial charge < -0.3 is 5.32 Å². The quantitative estimate of drug-likeness (QED) is 0.606. The van der Waals surface area contributed by atoms with Crippen molar-refractivity contribution in [3.8, 4) is 6.07 Å². The van der Waals surface area contributed by atoms with E-state index in [1.807, 2.05) is 0 Å². The van der Waals surface area contributed by atoms with E-state index >= 15 is 0 Å². The van der Waals surface area contributed by atoms with E-state index in [2.05, 4.69) is 17.6 Å². The molecule has 17 heavy (non-hydrogen) atoms. The highest BCUT2D eigenvalue weighted by Gasteiger charge is 2.38. The van der Waals surface area contributed by atoms with Crippen LogP contribution in [0.3, 0.4) is 0 Å². The Balaban J connectivity index is 2.47. The molecule has 0 unspecified atom stereocenters. The molecule has 1 amide bonds. The minimum Gasteiger partial charge on any atom is -0.355 e. The van der Waals surface area contributed by atoms with Gasteiger partial charge in [0.25, 0.3) is 0 Å². The largest absolute Gasteiger partial charge is 0.355 e. The fraction of sp³-hybridized carbons (Fsp3) is 0.846. The van der Waals surface area contributed by atoms with Crippen molar-refractivity contribution in [3.05, 3.63) is 0 Å². The zero-order valence-corrected chi connectivity index (χ0v) is 11.4. The van der Waals surface area contributed by atoms with Gasteiger partial charge in [-0.3, -0.25) is 4.79 Å². The standard InChI is InChI=1S/C13H22N2OS/c1-17-10-6-9-15-12(16)13(11-14)7-4-2-3-5-8-13/h2-10H2,1H3,(H,15,16). The van der Waals surface area contributed by atoms with Crippen molar-refractivity contribution in [3.63, 3.8) is 0 Å². The molecule has 0 heterocycles. The summed E-state index contributed by atoms with van der Waals surface area (Å²) in [5.41, 5.74) is -0.740. The minimum absolute atomic E-state index is 0.0389. The average molecular weight is 254 g/mol. The summed E-state index contributed by atoms with van der Waals surface area (Å²) in [6.07, 6.45) is 8.83. The predicted molar refractivity (Wildman–Crippen MR) is 71.8 cm³/mol. The van der Waals surface area contributed by atoms with Crippen LogP contribution in [-0.4, -0.2) is 24.5 Å². The van der Waals surface area contributed by atoms with E-state index in [1.165, 1.54) is 0 Å². The minimum atomic E-state index is -0.740. The van der Waals surface area contributed by atoms with Gasteiger partial charge >= 0.3 is 0 Å². The third-order valence-electron chi connectivity index (χ3n) is 3.42. The summed E-state index contributed by atoms with van der Waals surface area (Å²) in [6.45, 7) is 0.698. The summed E-state index contributed by atoms with van der Waals surface area (Å²) >= 11 is 1.78. The van der Waals surface area contributed by atoms with E-state index < -0.39 is 5.41 Å². The number of thioether (sulfide) groups is 1. The first kappa shape index (κ1) is 14.4. The number of carbonyl (C=O) groups excluding carboxylic acids is 1. The molecule has 1 fully saturated rings. The molecule has 0 radical (unpaired) electrons. The molecule has 1 aliphatic carbocycles. The molecule has 0 aromatic heterocycles. The first-order chi connectivity index (χ1) is 8.25. The summed E-state index contributed by atoms with van der Waals surface area (Å²) < 4.78 is 0. The first-order valence-electron chi connectivity index (χ1n) is 6.44. The normalized spacial score (nSPS) is 19.1. The molecule has 96 valence electrons. The van der Waals surface area contributed by atoms with Crippen LogP contribution in [0.15, 0.2) is 0 Å². The van der Waals surface area contributed by atoms with E-state index in [-0.39, 0.29) is 5.91 Å². The number of rotatable bonds is 5. The molecule has 1 N–H and O–H groups in total. The summed E-state index contributed by atoms with van der Waals surface area (Å²) in [5.74, 6) is 1.02. The maximum atomic E-state index is 12.1.